The molecule has 0 spiro atoms. The van der Waals surface area contributed by atoms with Gasteiger partial charge in [-0.1, -0.05) is 48.4 Å². The van der Waals surface area contributed by atoms with Crippen molar-refractivity contribution in [3.8, 4) is 0 Å². The van der Waals surface area contributed by atoms with E-state index in [0.29, 0.717) is 23.7 Å². The quantitative estimate of drug-likeness (QED) is 0.781. The number of aryl methyl sites for hydroxylation is 1. The summed E-state index contributed by atoms with van der Waals surface area (Å²) in [5, 5.41) is 3.34. The largest absolute Gasteiger partial charge is 0.350 e. The second-order valence-corrected chi connectivity index (χ2v) is 8.46. The fourth-order valence-electron chi connectivity index (χ4n) is 2.78. The molecule has 26 heavy (non-hydrogen) atoms. The molecule has 1 N–H and O–H groups in total. The van der Waals surface area contributed by atoms with Crippen molar-refractivity contribution in [1.29, 1.82) is 0 Å². The van der Waals surface area contributed by atoms with E-state index in [-0.39, 0.29) is 5.91 Å². The van der Waals surface area contributed by atoms with Crippen LogP contribution >= 0.6 is 11.6 Å². The van der Waals surface area contributed by atoms with E-state index in [4.69, 9.17) is 11.6 Å². The van der Waals surface area contributed by atoms with Crippen molar-refractivity contribution in [3.63, 3.8) is 0 Å². The van der Waals surface area contributed by atoms with Crippen LogP contribution in [-0.4, -0.2) is 26.6 Å². The molecule has 0 saturated carbocycles. The molecule has 0 radical (unpaired) electrons. The number of halogens is 1. The van der Waals surface area contributed by atoms with Crippen molar-refractivity contribution in [2.75, 3.05) is 10.6 Å². The minimum absolute atomic E-state index is 0.339. The first-order valence-electron chi connectivity index (χ1n) is 8.30. The van der Waals surface area contributed by atoms with E-state index < -0.39 is 16.1 Å². The molecular weight excluding hydrogens is 372 g/mol. The number of rotatable bonds is 7. The number of nitrogens with one attached hydrogen (secondary N) is 1. The molecule has 140 valence electrons. The third-order valence-electron chi connectivity index (χ3n) is 3.96. The molecule has 2 aromatic carbocycles. The number of amides is 1. The molecule has 0 aliphatic carbocycles. The maximum atomic E-state index is 12.7. The Labute approximate surface area is 160 Å². The summed E-state index contributed by atoms with van der Waals surface area (Å²) in [6, 6.07) is 13.4. The fourth-order valence-corrected chi connectivity index (χ4v) is 4.12. The summed E-state index contributed by atoms with van der Waals surface area (Å²) in [6.45, 7) is 4.10. The minimum atomic E-state index is -3.65. The van der Waals surface area contributed by atoms with Gasteiger partial charge in [0.25, 0.3) is 0 Å². The van der Waals surface area contributed by atoms with E-state index in [1.54, 1.807) is 31.2 Å². The van der Waals surface area contributed by atoms with E-state index in [2.05, 4.69) is 5.32 Å². The van der Waals surface area contributed by atoms with Crippen molar-refractivity contribution in [2.24, 2.45) is 0 Å². The molecule has 2 aromatic rings. The molecule has 0 heterocycles. The van der Waals surface area contributed by atoms with Gasteiger partial charge in [0.2, 0.25) is 15.9 Å². The Hall–Kier alpha value is -2.05. The third kappa shape index (κ3) is 5.22. The van der Waals surface area contributed by atoms with Gasteiger partial charge in [0, 0.05) is 11.6 Å². The number of nitrogens with zero attached hydrogens (tertiary/aromatic N) is 1. The van der Waals surface area contributed by atoms with Gasteiger partial charge in [0.1, 0.15) is 6.04 Å². The van der Waals surface area contributed by atoms with Crippen molar-refractivity contribution < 1.29 is 13.2 Å². The summed E-state index contributed by atoms with van der Waals surface area (Å²) in [6.07, 6.45) is 1.44. The maximum Gasteiger partial charge on any atom is 0.244 e. The highest BCUT2D eigenvalue weighted by molar-refractivity contribution is 7.92. The van der Waals surface area contributed by atoms with Crippen LogP contribution in [0.3, 0.4) is 0 Å². The molecule has 7 heteroatoms. The molecule has 0 unspecified atom stereocenters. The van der Waals surface area contributed by atoms with Gasteiger partial charge >= 0.3 is 0 Å². The first-order valence-corrected chi connectivity index (χ1v) is 10.5. The van der Waals surface area contributed by atoms with Crippen molar-refractivity contribution in [1.82, 2.24) is 5.32 Å². The lowest BCUT2D eigenvalue weighted by atomic mass is 10.1. The topological polar surface area (TPSA) is 66.5 Å². The molecular formula is C19H23ClN2O3S. The van der Waals surface area contributed by atoms with Crippen LogP contribution in [0.4, 0.5) is 5.69 Å². The highest BCUT2D eigenvalue weighted by Gasteiger charge is 2.31. The van der Waals surface area contributed by atoms with E-state index in [0.717, 1.165) is 21.7 Å². The second-order valence-electron chi connectivity index (χ2n) is 6.17. The molecule has 0 fully saturated rings. The summed E-state index contributed by atoms with van der Waals surface area (Å²) < 4.78 is 25.9. The Morgan fingerprint density at radius 1 is 1.19 bits per heavy atom. The van der Waals surface area contributed by atoms with Gasteiger partial charge in [0.15, 0.2) is 0 Å². The van der Waals surface area contributed by atoms with Crippen LogP contribution in [0.5, 0.6) is 0 Å². The van der Waals surface area contributed by atoms with Crippen LogP contribution in [0.1, 0.15) is 24.5 Å². The average molecular weight is 395 g/mol. The lowest BCUT2D eigenvalue weighted by Crippen LogP contribution is -2.49. The normalized spacial score (nSPS) is 12.5. The Bertz CT molecular complexity index is 867. The highest BCUT2D eigenvalue weighted by Crippen LogP contribution is 2.24. The van der Waals surface area contributed by atoms with Gasteiger partial charge in [-0.3, -0.25) is 9.10 Å². The standard InChI is InChI=1S/C19H23ClN2O3S/c1-4-18(19(23)21-13-15-7-5-6-14(2)12-15)22(26(3,24)25)17-10-8-16(20)9-11-17/h5-12,18H,4,13H2,1-3H3,(H,21,23)/t18-/m1/s1. The van der Waals surface area contributed by atoms with Crippen molar-refractivity contribution >= 4 is 33.2 Å². The molecule has 5 nitrogen and oxygen atoms in total. The summed E-state index contributed by atoms with van der Waals surface area (Å²) in [5.74, 6) is -0.339. The van der Waals surface area contributed by atoms with Gasteiger partial charge < -0.3 is 5.32 Å². The Morgan fingerprint density at radius 2 is 1.85 bits per heavy atom. The zero-order valence-electron chi connectivity index (χ0n) is 15.1. The zero-order chi connectivity index (χ0) is 19.3. The van der Waals surface area contributed by atoms with Gasteiger partial charge in [-0.15, -0.1) is 0 Å². The summed E-state index contributed by atoms with van der Waals surface area (Å²) >= 11 is 5.89. The SMILES string of the molecule is CC[C@H](C(=O)NCc1cccc(C)c1)N(c1ccc(Cl)cc1)S(C)(=O)=O. The summed E-state index contributed by atoms with van der Waals surface area (Å²) in [4.78, 5) is 12.7. The van der Waals surface area contributed by atoms with Crippen LogP contribution in [0.2, 0.25) is 5.02 Å². The fraction of sp³-hybridized carbons (Fsp3) is 0.316. The van der Waals surface area contributed by atoms with Crippen molar-refractivity contribution in [2.45, 2.75) is 32.9 Å². The van der Waals surface area contributed by atoms with Crippen LogP contribution in [0.15, 0.2) is 48.5 Å². The molecule has 0 aromatic heterocycles. The predicted molar refractivity (Wildman–Crippen MR) is 106 cm³/mol. The monoisotopic (exact) mass is 394 g/mol. The number of carbonyl (C=O) groups is 1. The van der Waals surface area contributed by atoms with Crippen LogP contribution in [0.25, 0.3) is 0 Å². The van der Waals surface area contributed by atoms with E-state index in [1.165, 1.54) is 0 Å². The third-order valence-corrected chi connectivity index (χ3v) is 5.39. The Kier molecular flexibility index (Phi) is 6.67. The van der Waals surface area contributed by atoms with Crippen LogP contribution in [0, 0.1) is 6.92 Å². The van der Waals surface area contributed by atoms with Gasteiger partial charge in [-0.25, -0.2) is 8.42 Å². The number of carbonyl (C=O) groups excluding carboxylic acids is 1. The molecule has 2 rings (SSSR count). The molecule has 1 atom stereocenters. The van der Waals surface area contributed by atoms with E-state index in [9.17, 15) is 13.2 Å². The van der Waals surface area contributed by atoms with Gasteiger partial charge in [-0.05, 0) is 43.2 Å². The summed E-state index contributed by atoms with van der Waals surface area (Å²) in [7, 11) is -3.65. The molecule has 0 aliphatic heterocycles. The molecule has 1 amide bonds. The second kappa shape index (κ2) is 8.56. The molecule has 0 saturated heterocycles. The first-order chi connectivity index (χ1) is 12.2. The number of hydrogen-bond acceptors (Lipinski definition) is 3. The van der Waals surface area contributed by atoms with Gasteiger partial charge in [-0.2, -0.15) is 0 Å². The first kappa shape index (κ1) is 20.3. The smallest absolute Gasteiger partial charge is 0.244 e. The number of benzene rings is 2. The lowest BCUT2D eigenvalue weighted by Gasteiger charge is -2.30. The number of sulfonamides is 1. The average Bonchev–Trinajstić information content (AvgIpc) is 2.57. The zero-order valence-corrected chi connectivity index (χ0v) is 16.6. The summed E-state index contributed by atoms with van der Waals surface area (Å²) in [5.41, 5.74) is 2.47. The van der Waals surface area contributed by atoms with Gasteiger partial charge in [0.05, 0.1) is 11.9 Å². The van der Waals surface area contributed by atoms with Crippen LogP contribution < -0.4 is 9.62 Å². The number of anilines is 1. The number of hydrogen-bond donors (Lipinski definition) is 1. The molecule has 0 bridgehead atoms. The minimum Gasteiger partial charge on any atom is -0.350 e. The molecule has 0 aliphatic rings. The Morgan fingerprint density at radius 3 is 2.38 bits per heavy atom. The Balaban J connectivity index is 2.23. The lowest BCUT2D eigenvalue weighted by molar-refractivity contribution is -0.122. The van der Waals surface area contributed by atoms with E-state index >= 15 is 0 Å². The predicted octanol–water partition coefficient (Wildman–Crippen LogP) is 3.51. The highest BCUT2D eigenvalue weighted by atomic mass is 35.5. The van der Waals surface area contributed by atoms with Crippen LogP contribution in [-0.2, 0) is 21.4 Å². The maximum absolute atomic E-state index is 12.7. The van der Waals surface area contributed by atoms with Crippen molar-refractivity contribution in [3.05, 3.63) is 64.7 Å². The van der Waals surface area contributed by atoms with E-state index in [1.807, 2.05) is 31.2 Å².